The van der Waals surface area contributed by atoms with Gasteiger partial charge in [-0.1, -0.05) is 19.8 Å². The van der Waals surface area contributed by atoms with Crippen LogP contribution in [0, 0.1) is 0 Å². The first kappa shape index (κ1) is 13.6. The molecule has 18 heavy (non-hydrogen) atoms. The summed E-state index contributed by atoms with van der Waals surface area (Å²) in [5.74, 6) is 0.239. The quantitative estimate of drug-likeness (QED) is 0.802. The lowest BCUT2D eigenvalue weighted by Gasteiger charge is -2.27. The van der Waals surface area contributed by atoms with Crippen LogP contribution in [-0.2, 0) is 17.8 Å². The Kier molecular flexibility index (Phi) is 5.20. The predicted octanol–water partition coefficient (Wildman–Crippen LogP) is 2.41. The largest absolute Gasteiger partial charge is 0.337 e. The topological polar surface area (TPSA) is 32.3 Å². The minimum Gasteiger partial charge on any atom is -0.337 e. The molecule has 0 aromatic carbocycles. The van der Waals surface area contributed by atoms with Crippen molar-refractivity contribution in [1.82, 2.24) is 10.2 Å². The lowest BCUT2D eigenvalue weighted by molar-refractivity contribution is -0.131. The second kappa shape index (κ2) is 6.90. The monoisotopic (exact) mass is 266 g/mol. The van der Waals surface area contributed by atoms with Gasteiger partial charge in [-0.3, -0.25) is 4.79 Å². The van der Waals surface area contributed by atoms with Crippen LogP contribution >= 0.6 is 11.3 Å². The summed E-state index contributed by atoms with van der Waals surface area (Å²) in [6.07, 6.45) is 4.65. The molecule has 1 N–H and O–H groups in total. The Balaban J connectivity index is 1.71. The van der Waals surface area contributed by atoms with E-state index in [0.29, 0.717) is 6.54 Å². The number of amides is 1. The second-order valence-electron chi connectivity index (χ2n) is 4.82. The van der Waals surface area contributed by atoms with Gasteiger partial charge in [0.05, 0.1) is 6.54 Å². The predicted molar refractivity (Wildman–Crippen MR) is 75.8 cm³/mol. The van der Waals surface area contributed by atoms with E-state index in [1.54, 1.807) is 0 Å². The summed E-state index contributed by atoms with van der Waals surface area (Å²) in [7, 11) is 0. The van der Waals surface area contributed by atoms with Crippen LogP contribution in [0.15, 0.2) is 11.4 Å². The van der Waals surface area contributed by atoms with Crippen LogP contribution in [0.3, 0.4) is 0 Å². The van der Waals surface area contributed by atoms with Crippen molar-refractivity contribution in [2.24, 2.45) is 0 Å². The summed E-state index contributed by atoms with van der Waals surface area (Å²) in [5.41, 5.74) is 1.34. The van der Waals surface area contributed by atoms with Crippen molar-refractivity contribution in [1.29, 1.82) is 0 Å². The molecule has 0 aliphatic carbocycles. The van der Waals surface area contributed by atoms with Gasteiger partial charge >= 0.3 is 0 Å². The molecule has 1 aromatic rings. The molecule has 1 aliphatic rings. The maximum absolute atomic E-state index is 12.0. The molecular weight excluding hydrogens is 244 g/mol. The van der Waals surface area contributed by atoms with Gasteiger partial charge in [-0.15, -0.1) is 11.3 Å². The van der Waals surface area contributed by atoms with Crippen LogP contribution < -0.4 is 5.32 Å². The fourth-order valence-corrected chi connectivity index (χ4v) is 3.16. The molecule has 4 heteroatoms. The molecule has 3 nitrogen and oxygen atoms in total. The fraction of sp³-hybridized carbons (Fsp3) is 0.643. The summed E-state index contributed by atoms with van der Waals surface area (Å²) < 4.78 is 0. The number of nitrogens with zero attached hydrogens (tertiary/aromatic N) is 1. The van der Waals surface area contributed by atoms with Gasteiger partial charge in [-0.25, -0.2) is 0 Å². The fourth-order valence-electron chi connectivity index (χ4n) is 2.27. The zero-order valence-corrected chi connectivity index (χ0v) is 11.9. The van der Waals surface area contributed by atoms with E-state index in [2.05, 4.69) is 23.7 Å². The molecule has 1 aliphatic heterocycles. The van der Waals surface area contributed by atoms with Gasteiger partial charge in [0.15, 0.2) is 0 Å². The summed E-state index contributed by atoms with van der Waals surface area (Å²) in [5, 5.41) is 5.37. The molecule has 2 rings (SSSR count). The molecule has 2 heterocycles. The summed E-state index contributed by atoms with van der Waals surface area (Å²) >= 11 is 1.81. The summed E-state index contributed by atoms with van der Waals surface area (Å²) in [6.45, 7) is 5.31. The van der Waals surface area contributed by atoms with Crippen molar-refractivity contribution < 1.29 is 4.79 Å². The Morgan fingerprint density at radius 2 is 2.39 bits per heavy atom. The zero-order valence-electron chi connectivity index (χ0n) is 11.1. The highest BCUT2D eigenvalue weighted by atomic mass is 32.1. The molecule has 100 valence electrons. The summed E-state index contributed by atoms with van der Waals surface area (Å²) in [4.78, 5) is 15.5. The highest BCUT2D eigenvalue weighted by Crippen LogP contribution is 2.23. The minimum absolute atomic E-state index is 0.239. The van der Waals surface area contributed by atoms with E-state index in [-0.39, 0.29) is 5.91 Å². The number of thiophene rings is 1. The van der Waals surface area contributed by atoms with Crippen LogP contribution in [-0.4, -0.2) is 30.4 Å². The Labute approximate surface area is 113 Å². The van der Waals surface area contributed by atoms with Gasteiger partial charge in [0.1, 0.15) is 0 Å². The first-order valence-electron chi connectivity index (χ1n) is 6.85. The van der Waals surface area contributed by atoms with Crippen molar-refractivity contribution in [3.63, 3.8) is 0 Å². The third-order valence-electron chi connectivity index (χ3n) is 3.39. The maximum Gasteiger partial charge on any atom is 0.236 e. The smallest absolute Gasteiger partial charge is 0.236 e. The number of fused-ring (bicyclic) bond motifs is 1. The molecule has 0 unspecified atom stereocenters. The Morgan fingerprint density at radius 1 is 1.50 bits per heavy atom. The van der Waals surface area contributed by atoms with Crippen molar-refractivity contribution in [2.75, 3.05) is 19.6 Å². The molecule has 0 bridgehead atoms. The zero-order chi connectivity index (χ0) is 12.8. The third kappa shape index (κ3) is 3.56. The van der Waals surface area contributed by atoms with E-state index in [0.717, 1.165) is 26.1 Å². The lowest BCUT2D eigenvalue weighted by atomic mass is 10.1. The Hall–Kier alpha value is -0.870. The highest BCUT2D eigenvalue weighted by Gasteiger charge is 2.20. The van der Waals surface area contributed by atoms with Crippen molar-refractivity contribution in [2.45, 2.75) is 39.2 Å². The van der Waals surface area contributed by atoms with E-state index in [1.807, 2.05) is 16.2 Å². The van der Waals surface area contributed by atoms with Gasteiger partial charge in [-0.05, 0) is 36.4 Å². The number of carbonyl (C=O) groups excluding carboxylic acids is 1. The van der Waals surface area contributed by atoms with E-state index in [4.69, 9.17) is 0 Å². The number of hydrogen-bond donors (Lipinski definition) is 1. The number of unbranched alkanes of at least 4 members (excludes halogenated alkanes) is 2. The van der Waals surface area contributed by atoms with E-state index < -0.39 is 0 Å². The number of rotatable bonds is 6. The molecule has 0 saturated heterocycles. The van der Waals surface area contributed by atoms with Crippen LogP contribution in [0.4, 0.5) is 0 Å². The number of nitrogens with one attached hydrogen (secondary N) is 1. The minimum atomic E-state index is 0.239. The molecule has 1 amide bonds. The second-order valence-corrected chi connectivity index (χ2v) is 5.82. The molecule has 1 aromatic heterocycles. The highest BCUT2D eigenvalue weighted by molar-refractivity contribution is 7.10. The van der Waals surface area contributed by atoms with Crippen molar-refractivity contribution in [3.05, 3.63) is 21.9 Å². The molecule has 0 radical (unpaired) electrons. The normalized spacial score (nSPS) is 14.6. The van der Waals surface area contributed by atoms with Crippen LogP contribution in [0.5, 0.6) is 0 Å². The molecule has 0 atom stereocenters. The molecule has 0 fully saturated rings. The standard InChI is InChI=1S/C14H22N2OS/c1-2-3-4-7-15-10-14(17)16-8-5-13-12(11-16)6-9-18-13/h6,9,15H,2-5,7-8,10-11H2,1H3. The first-order valence-corrected chi connectivity index (χ1v) is 7.73. The first-order chi connectivity index (χ1) is 8.81. The average molecular weight is 266 g/mol. The SMILES string of the molecule is CCCCCNCC(=O)N1CCc2sccc2C1. The average Bonchev–Trinajstić information content (AvgIpc) is 2.85. The molecule has 0 saturated carbocycles. The van der Waals surface area contributed by atoms with Gasteiger partial charge in [0.2, 0.25) is 5.91 Å². The van der Waals surface area contributed by atoms with E-state index in [9.17, 15) is 4.79 Å². The molecular formula is C14H22N2OS. The number of carbonyl (C=O) groups is 1. The Bertz CT molecular complexity index is 389. The van der Waals surface area contributed by atoms with E-state index in [1.165, 1.54) is 29.7 Å². The molecule has 0 spiro atoms. The lowest BCUT2D eigenvalue weighted by Crippen LogP contribution is -2.41. The van der Waals surface area contributed by atoms with Gasteiger partial charge in [0.25, 0.3) is 0 Å². The third-order valence-corrected chi connectivity index (χ3v) is 4.42. The van der Waals surface area contributed by atoms with Crippen molar-refractivity contribution in [3.8, 4) is 0 Å². The maximum atomic E-state index is 12.0. The van der Waals surface area contributed by atoms with Crippen LogP contribution in [0.2, 0.25) is 0 Å². The number of hydrogen-bond acceptors (Lipinski definition) is 3. The van der Waals surface area contributed by atoms with Gasteiger partial charge in [-0.2, -0.15) is 0 Å². The van der Waals surface area contributed by atoms with Crippen LogP contribution in [0.25, 0.3) is 0 Å². The Morgan fingerprint density at radius 3 is 3.22 bits per heavy atom. The van der Waals surface area contributed by atoms with Crippen molar-refractivity contribution >= 4 is 17.2 Å². The van der Waals surface area contributed by atoms with Crippen LogP contribution in [0.1, 0.15) is 36.6 Å². The summed E-state index contributed by atoms with van der Waals surface area (Å²) in [6, 6.07) is 2.15. The van der Waals surface area contributed by atoms with E-state index >= 15 is 0 Å². The van der Waals surface area contributed by atoms with Gasteiger partial charge in [0, 0.05) is 18.0 Å². The van der Waals surface area contributed by atoms with Gasteiger partial charge < -0.3 is 10.2 Å².